The summed E-state index contributed by atoms with van der Waals surface area (Å²) in [6.45, 7) is 6.70. The van der Waals surface area contributed by atoms with E-state index in [0.717, 1.165) is 77.0 Å². The van der Waals surface area contributed by atoms with E-state index in [9.17, 15) is 34.5 Å². The van der Waals surface area contributed by atoms with E-state index in [-0.39, 0.29) is 25.2 Å². The van der Waals surface area contributed by atoms with Crippen LogP contribution in [-0.2, 0) is 19.2 Å². The minimum Gasteiger partial charge on any atom is -0.481 e. The van der Waals surface area contributed by atoms with E-state index < -0.39 is 29.3 Å². The maximum atomic E-state index is 11.9. The lowest BCUT2D eigenvalue weighted by Crippen LogP contribution is -2.39. The largest absolute Gasteiger partial charge is 0.481 e. The molecule has 0 aromatic carbocycles. The first-order valence-corrected chi connectivity index (χ1v) is 26.0. The Hall–Kier alpha value is -2.12. The molecule has 0 radical (unpaired) electrons. The van der Waals surface area contributed by atoms with Gasteiger partial charge in [0.15, 0.2) is 5.41 Å². The van der Waals surface area contributed by atoms with Crippen LogP contribution < -0.4 is 0 Å². The number of carboxylic acids is 4. The van der Waals surface area contributed by atoms with Gasteiger partial charge in [-0.25, -0.2) is 0 Å². The molecule has 1 unspecified atom stereocenters. The summed E-state index contributed by atoms with van der Waals surface area (Å²) in [7, 11) is 0. The molecule has 0 spiro atoms. The van der Waals surface area contributed by atoms with Crippen LogP contribution >= 0.6 is 0 Å². The minimum absolute atomic E-state index is 0.153. The first-order chi connectivity index (χ1) is 29.1. The molecule has 4 N–H and O–H groups in total. The third kappa shape index (κ3) is 40.0. The van der Waals surface area contributed by atoms with Gasteiger partial charge in [0, 0.05) is 6.42 Å². The van der Waals surface area contributed by atoms with Gasteiger partial charge < -0.3 is 20.4 Å². The highest BCUT2D eigenvalue weighted by Gasteiger charge is 2.45. The highest BCUT2D eigenvalue weighted by atomic mass is 16.4. The second-order valence-corrected chi connectivity index (χ2v) is 18.3. The Morgan fingerprint density at radius 3 is 0.800 bits per heavy atom. The van der Waals surface area contributed by atoms with Crippen LogP contribution in [0.4, 0.5) is 0 Å². The zero-order valence-electron chi connectivity index (χ0n) is 39.9. The van der Waals surface area contributed by atoms with Crippen LogP contribution in [0.2, 0.25) is 0 Å². The van der Waals surface area contributed by atoms with Gasteiger partial charge in [-0.15, -0.1) is 0 Å². The fourth-order valence-corrected chi connectivity index (χ4v) is 8.47. The lowest BCUT2D eigenvalue weighted by atomic mass is 9.78. The summed E-state index contributed by atoms with van der Waals surface area (Å²) in [5.74, 6) is -3.76. The van der Waals surface area contributed by atoms with Crippen LogP contribution in [0.1, 0.15) is 297 Å². The van der Waals surface area contributed by atoms with Crippen LogP contribution in [-0.4, -0.2) is 44.3 Å². The van der Waals surface area contributed by atoms with Gasteiger partial charge in [-0.1, -0.05) is 258 Å². The van der Waals surface area contributed by atoms with Gasteiger partial charge >= 0.3 is 23.9 Å². The van der Waals surface area contributed by atoms with Crippen LogP contribution in [0.25, 0.3) is 0 Å². The topological polar surface area (TPSA) is 149 Å². The SMILES string of the molecule is CCCCCCCCCCCCC(CCCCCCCCCCC(=O)O)C(=O)O.CCCCCCCCCCCCC(CCCCCCCCCCCC)(C(=O)O)C(=O)O. The summed E-state index contributed by atoms with van der Waals surface area (Å²) in [5, 5.41) is 37.4. The van der Waals surface area contributed by atoms with Gasteiger partial charge in [0.2, 0.25) is 0 Å². The zero-order valence-corrected chi connectivity index (χ0v) is 39.9. The van der Waals surface area contributed by atoms with Crippen molar-refractivity contribution in [1.82, 2.24) is 0 Å². The Morgan fingerprint density at radius 1 is 0.333 bits per heavy atom. The van der Waals surface area contributed by atoms with Crippen molar-refractivity contribution in [2.24, 2.45) is 11.3 Å². The Morgan fingerprint density at radius 2 is 0.567 bits per heavy atom. The van der Waals surface area contributed by atoms with E-state index in [1.807, 2.05) is 0 Å². The molecule has 8 nitrogen and oxygen atoms in total. The molecule has 0 bridgehead atoms. The number of hydrogen-bond donors (Lipinski definition) is 4. The quantitative estimate of drug-likeness (QED) is 0.0349. The summed E-state index contributed by atoms with van der Waals surface area (Å²) in [6, 6.07) is 0. The van der Waals surface area contributed by atoms with E-state index in [0.29, 0.717) is 12.8 Å². The normalized spacial score (nSPS) is 11.9. The van der Waals surface area contributed by atoms with Crippen LogP contribution in [0.3, 0.4) is 0 Å². The van der Waals surface area contributed by atoms with Crippen LogP contribution in [0.15, 0.2) is 0 Å². The molecule has 356 valence electrons. The monoisotopic (exact) mass is 853 g/mol. The van der Waals surface area contributed by atoms with Crippen LogP contribution in [0.5, 0.6) is 0 Å². The first kappa shape index (κ1) is 60.0. The highest BCUT2D eigenvalue weighted by molar-refractivity contribution is 5.98. The van der Waals surface area contributed by atoms with Crippen LogP contribution in [0, 0.1) is 11.3 Å². The fraction of sp³-hybridized carbons (Fsp3) is 0.923. The molecule has 0 fully saturated rings. The second kappa shape index (κ2) is 46.4. The van der Waals surface area contributed by atoms with Crippen molar-refractivity contribution in [1.29, 1.82) is 0 Å². The summed E-state index contributed by atoms with van der Waals surface area (Å²) < 4.78 is 0. The molecule has 60 heavy (non-hydrogen) atoms. The number of aliphatic carboxylic acids is 4. The maximum absolute atomic E-state index is 11.9. The predicted octanol–water partition coefficient (Wildman–Crippen LogP) is 16.7. The first-order valence-electron chi connectivity index (χ1n) is 26.0. The van der Waals surface area contributed by atoms with E-state index in [2.05, 4.69) is 20.8 Å². The summed E-state index contributed by atoms with van der Waals surface area (Å²) in [5.41, 5.74) is -1.58. The number of rotatable bonds is 47. The molecule has 0 aliphatic heterocycles. The van der Waals surface area contributed by atoms with Crippen molar-refractivity contribution < 1.29 is 39.6 Å². The molecule has 1 atom stereocenters. The summed E-state index contributed by atoms with van der Waals surface area (Å²) in [4.78, 5) is 45.6. The summed E-state index contributed by atoms with van der Waals surface area (Å²) >= 11 is 0. The van der Waals surface area contributed by atoms with E-state index in [4.69, 9.17) is 5.11 Å². The lowest BCUT2D eigenvalue weighted by Gasteiger charge is -2.25. The smallest absolute Gasteiger partial charge is 0.321 e. The van der Waals surface area contributed by atoms with Gasteiger partial charge in [0.25, 0.3) is 0 Å². The van der Waals surface area contributed by atoms with Crippen molar-refractivity contribution in [3.8, 4) is 0 Å². The van der Waals surface area contributed by atoms with Crippen molar-refractivity contribution in [3.05, 3.63) is 0 Å². The Labute approximate surface area is 370 Å². The highest BCUT2D eigenvalue weighted by Crippen LogP contribution is 2.33. The van der Waals surface area contributed by atoms with Gasteiger partial charge in [0.05, 0.1) is 5.92 Å². The third-order valence-electron chi connectivity index (χ3n) is 12.7. The van der Waals surface area contributed by atoms with E-state index in [1.165, 1.54) is 167 Å². The van der Waals surface area contributed by atoms with Crippen molar-refractivity contribution >= 4 is 23.9 Å². The minimum atomic E-state index is -1.58. The third-order valence-corrected chi connectivity index (χ3v) is 12.7. The molecular weight excluding hydrogens is 753 g/mol. The van der Waals surface area contributed by atoms with Crippen molar-refractivity contribution in [2.75, 3.05) is 0 Å². The fourth-order valence-electron chi connectivity index (χ4n) is 8.47. The standard InChI is InChI=1S/C27H52O4.C25H48O4/c1-3-5-7-9-11-13-15-17-19-21-23-27(25(28)29,26(30)31)24-22-20-18-16-14-12-10-8-6-4-2;1-2-3-4-5-6-7-8-11-14-17-20-23(25(28)29)21-18-15-12-9-10-13-16-19-22-24(26)27/h3-24H2,1-2H3,(H,28,29)(H,30,31);23H,2-22H2,1H3,(H,26,27)(H,28,29). The summed E-state index contributed by atoms with van der Waals surface area (Å²) in [6.07, 6.45) is 47.3. The predicted molar refractivity (Wildman–Crippen MR) is 252 cm³/mol. The molecule has 0 heterocycles. The lowest BCUT2D eigenvalue weighted by molar-refractivity contribution is -0.166. The maximum Gasteiger partial charge on any atom is 0.321 e. The van der Waals surface area contributed by atoms with E-state index in [1.54, 1.807) is 0 Å². The molecule has 0 amide bonds. The molecule has 8 heteroatoms. The van der Waals surface area contributed by atoms with Gasteiger partial charge in [-0.05, 0) is 32.1 Å². The molecule has 0 saturated heterocycles. The number of carbonyl (C=O) groups is 4. The van der Waals surface area contributed by atoms with Gasteiger partial charge in [0.1, 0.15) is 0 Å². The zero-order chi connectivity index (χ0) is 44.8. The van der Waals surface area contributed by atoms with Crippen molar-refractivity contribution in [3.63, 3.8) is 0 Å². The number of carboxylic acid groups (broad SMARTS) is 4. The van der Waals surface area contributed by atoms with E-state index >= 15 is 0 Å². The average molecular weight is 853 g/mol. The molecule has 0 aromatic heterocycles. The Balaban J connectivity index is 0. The molecule has 0 aromatic rings. The molecule has 0 aliphatic carbocycles. The molecule has 0 rings (SSSR count). The second-order valence-electron chi connectivity index (χ2n) is 18.3. The molecular formula is C52H100O8. The number of unbranched alkanes of at least 4 members (excludes halogenated alkanes) is 34. The van der Waals surface area contributed by atoms with Crippen molar-refractivity contribution in [2.45, 2.75) is 297 Å². The molecule has 0 saturated carbocycles. The van der Waals surface area contributed by atoms with Gasteiger partial charge in [-0.2, -0.15) is 0 Å². The Bertz CT molecular complexity index is 926. The number of hydrogen-bond acceptors (Lipinski definition) is 4. The van der Waals surface area contributed by atoms with Gasteiger partial charge in [-0.3, -0.25) is 19.2 Å². The molecule has 0 aliphatic rings. The average Bonchev–Trinajstić information content (AvgIpc) is 3.21. The Kier molecular flexibility index (Phi) is 46.4.